The minimum Gasteiger partial charge on any atom is -0.313 e. The van der Waals surface area contributed by atoms with Gasteiger partial charge in [-0.05, 0) is 94.9 Å². The predicted molar refractivity (Wildman–Crippen MR) is 87.2 cm³/mol. The summed E-state index contributed by atoms with van der Waals surface area (Å²) >= 11 is 0. The summed E-state index contributed by atoms with van der Waals surface area (Å²) < 4.78 is 0. The van der Waals surface area contributed by atoms with Gasteiger partial charge in [0.15, 0.2) is 0 Å². The van der Waals surface area contributed by atoms with Gasteiger partial charge >= 0.3 is 0 Å². The molecule has 0 amide bonds. The van der Waals surface area contributed by atoms with E-state index in [-0.39, 0.29) is 0 Å². The SMILES string of the molecule is Cc1cc(C)c(CNCCC2CCN(C)CC2)cc1C. The summed E-state index contributed by atoms with van der Waals surface area (Å²) in [5, 5.41) is 3.63. The van der Waals surface area contributed by atoms with Crippen molar-refractivity contribution in [1.82, 2.24) is 10.2 Å². The van der Waals surface area contributed by atoms with E-state index in [1.54, 1.807) is 0 Å². The number of nitrogens with one attached hydrogen (secondary N) is 1. The molecule has 2 heteroatoms. The standard InChI is InChI=1S/C18H30N2/c1-14-11-16(3)18(12-15(14)2)13-19-8-5-17-6-9-20(4)10-7-17/h11-12,17,19H,5-10,13H2,1-4H3. The van der Waals surface area contributed by atoms with Crippen molar-refractivity contribution in [3.63, 3.8) is 0 Å². The Morgan fingerprint density at radius 2 is 1.70 bits per heavy atom. The smallest absolute Gasteiger partial charge is 0.0208 e. The normalized spacial score (nSPS) is 17.6. The topological polar surface area (TPSA) is 15.3 Å². The van der Waals surface area contributed by atoms with Crippen LogP contribution in [0.15, 0.2) is 12.1 Å². The highest BCUT2D eigenvalue weighted by Gasteiger charge is 2.15. The first-order chi connectivity index (χ1) is 9.56. The molecular formula is C18H30N2. The molecule has 1 aliphatic rings. The fraction of sp³-hybridized carbons (Fsp3) is 0.667. The third kappa shape index (κ3) is 4.32. The first kappa shape index (κ1) is 15.5. The van der Waals surface area contributed by atoms with Crippen molar-refractivity contribution in [1.29, 1.82) is 0 Å². The molecule has 1 aromatic rings. The molecule has 1 aliphatic heterocycles. The minimum atomic E-state index is 0.930. The minimum absolute atomic E-state index is 0.930. The van der Waals surface area contributed by atoms with E-state index in [9.17, 15) is 0 Å². The van der Waals surface area contributed by atoms with Crippen LogP contribution in [0.25, 0.3) is 0 Å². The second-order valence-corrected chi connectivity index (χ2v) is 6.58. The van der Waals surface area contributed by atoms with Crippen LogP contribution in [-0.4, -0.2) is 31.6 Å². The van der Waals surface area contributed by atoms with Gasteiger partial charge in [0, 0.05) is 6.54 Å². The fourth-order valence-corrected chi connectivity index (χ4v) is 3.09. The molecule has 0 radical (unpaired) electrons. The molecule has 0 saturated carbocycles. The number of benzene rings is 1. The Hall–Kier alpha value is -0.860. The lowest BCUT2D eigenvalue weighted by molar-refractivity contribution is 0.211. The summed E-state index contributed by atoms with van der Waals surface area (Å²) in [6, 6.07) is 4.65. The largest absolute Gasteiger partial charge is 0.313 e. The van der Waals surface area contributed by atoms with E-state index in [0.717, 1.165) is 19.0 Å². The number of nitrogens with zero attached hydrogens (tertiary/aromatic N) is 1. The van der Waals surface area contributed by atoms with Crippen LogP contribution in [0.4, 0.5) is 0 Å². The molecule has 1 saturated heterocycles. The maximum atomic E-state index is 3.63. The van der Waals surface area contributed by atoms with Gasteiger partial charge in [-0.3, -0.25) is 0 Å². The number of piperidine rings is 1. The third-order valence-electron chi connectivity index (χ3n) is 4.84. The Bertz CT molecular complexity index is 431. The molecule has 112 valence electrons. The molecule has 0 bridgehead atoms. The van der Waals surface area contributed by atoms with Gasteiger partial charge < -0.3 is 10.2 Å². The monoisotopic (exact) mass is 274 g/mol. The van der Waals surface area contributed by atoms with E-state index in [2.05, 4.69) is 50.2 Å². The number of hydrogen-bond acceptors (Lipinski definition) is 2. The average molecular weight is 274 g/mol. The second kappa shape index (κ2) is 7.24. The Morgan fingerprint density at radius 3 is 2.40 bits per heavy atom. The van der Waals surface area contributed by atoms with Crippen molar-refractivity contribution in [2.45, 2.75) is 46.6 Å². The van der Waals surface area contributed by atoms with E-state index in [1.165, 1.54) is 54.6 Å². The first-order valence-corrected chi connectivity index (χ1v) is 8.02. The van der Waals surface area contributed by atoms with Crippen LogP contribution >= 0.6 is 0 Å². The van der Waals surface area contributed by atoms with Crippen molar-refractivity contribution in [3.05, 3.63) is 34.4 Å². The molecule has 1 N–H and O–H groups in total. The van der Waals surface area contributed by atoms with Gasteiger partial charge in [0.25, 0.3) is 0 Å². The molecule has 2 rings (SSSR count). The van der Waals surface area contributed by atoms with Crippen molar-refractivity contribution >= 4 is 0 Å². The van der Waals surface area contributed by atoms with Gasteiger partial charge in [-0.2, -0.15) is 0 Å². The molecule has 0 aromatic heterocycles. The summed E-state index contributed by atoms with van der Waals surface area (Å²) in [5.74, 6) is 0.930. The number of aryl methyl sites for hydroxylation is 3. The van der Waals surface area contributed by atoms with Crippen LogP contribution in [0, 0.1) is 26.7 Å². The van der Waals surface area contributed by atoms with Gasteiger partial charge in [0.1, 0.15) is 0 Å². The van der Waals surface area contributed by atoms with Crippen LogP contribution in [-0.2, 0) is 6.54 Å². The van der Waals surface area contributed by atoms with Gasteiger partial charge in [0.05, 0.1) is 0 Å². The molecule has 1 aromatic carbocycles. The van der Waals surface area contributed by atoms with Gasteiger partial charge in [-0.25, -0.2) is 0 Å². The van der Waals surface area contributed by atoms with E-state index in [1.807, 2.05) is 0 Å². The average Bonchev–Trinajstić information content (AvgIpc) is 2.42. The summed E-state index contributed by atoms with van der Waals surface area (Å²) in [6.45, 7) is 11.3. The Balaban J connectivity index is 1.72. The van der Waals surface area contributed by atoms with Crippen molar-refractivity contribution < 1.29 is 0 Å². The van der Waals surface area contributed by atoms with E-state index >= 15 is 0 Å². The van der Waals surface area contributed by atoms with Crippen LogP contribution < -0.4 is 5.32 Å². The highest BCUT2D eigenvalue weighted by Crippen LogP contribution is 2.19. The number of hydrogen-bond donors (Lipinski definition) is 1. The fourth-order valence-electron chi connectivity index (χ4n) is 3.09. The van der Waals surface area contributed by atoms with E-state index in [4.69, 9.17) is 0 Å². The van der Waals surface area contributed by atoms with Crippen molar-refractivity contribution in [3.8, 4) is 0 Å². The van der Waals surface area contributed by atoms with Gasteiger partial charge in [-0.15, -0.1) is 0 Å². The van der Waals surface area contributed by atoms with Crippen LogP contribution in [0.1, 0.15) is 41.5 Å². The molecule has 0 atom stereocenters. The number of rotatable bonds is 5. The lowest BCUT2D eigenvalue weighted by atomic mass is 9.94. The molecule has 2 nitrogen and oxygen atoms in total. The molecule has 1 fully saturated rings. The first-order valence-electron chi connectivity index (χ1n) is 8.02. The maximum Gasteiger partial charge on any atom is 0.0208 e. The summed E-state index contributed by atoms with van der Waals surface area (Å²) in [4.78, 5) is 2.45. The Kier molecular flexibility index (Phi) is 5.62. The zero-order chi connectivity index (χ0) is 14.5. The molecule has 20 heavy (non-hydrogen) atoms. The zero-order valence-corrected chi connectivity index (χ0v) is 13.6. The van der Waals surface area contributed by atoms with Crippen LogP contribution in [0.3, 0.4) is 0 Å². The third-order valence-corrected chi connectivity index (χ3v) is 4.84. The maximum absolute atomic E-state index is 3.63. The quantitative estimate of drug-likeness (QED) is 0.828. The predicted octanol–water partition coefficient (Wildman–Crippen LogP) is 3.43. The van der Waals surface area contributed by atoms with Crippen molar-refractivity contribution in [2.24, 2.45) is 5.92 Å². The summed E-state index contributed by atoms with van der Waals surface area (Å²) in [7, 11) is 2.23. The lowest BCUT2D eigenvalue weighted by Gasteiger charge is -2.28. The number of likely N-dealkylation sites (tertiary alicyclic amines) is 1. The lowest BCUT2D eigenvalue weighted by Crippen LogP contribution is -2.31. The Labute approximate surface area is 124 Å². The molecule has 0 unspecified atom stereocenters. The highest BCUT2D eigenvalue weighted by atomic mass is 15.1. The van der Waals surface area contributed by atoms with Crippen molar-refractivity contribution in [2.75, 3.05) is 26.7 Å². The summed E-state index contributed by atoms with van der Waals surface area (Å²) in [5.41, 5.74) is 5.68. The van der Waals surface area contributed by atoms with Gasteiger partial charge in [-0.1, -0.05) is 12.1 Å². The molecule has 0 aliphatic carbocycles. The van der Waals surface area contributed by atoms with E-state index < -0.39 is 0 Å². The highest BCUT2D eigenvalue weighted by molar-refractivity contribution is 5.36. The molecular weight excluding hydrogens is 244 g/mol. The van der Waals surface area contributed by atoms with Gasteiger partial charge in [0.2, 0.25) is 0 Å². The summed E-state index contributed by atoms with van der Waals surface area (Å²) in [6.07, 6.45) is 4.08. The van der Waals surface area contributed by atoms with Crippen LogP contribution in [0.2, 0.25) is 0 Å². The van der Waals surface area contributed by atoms with Crippen LogP contribution in [0.5, 0.6) is 0 Å². The Morgan fingerprint density at radius 1 is 1.05 bits per heavy atom. The second-order valence-electron chi connectivity index (χ2n) is 6.58. The molecule has 0 spiro atoms. The molecule has 1 heterocycles. The van der Waals surface area contributed by atoms with E-state index in [0.29, 0.717) is 0 Å². The zero-order valence-electron chi connectivity index (χ0n) is 13.6.